The van der Waals surface area contributed by atoms with Crippen molar-refractivity contribution in [3.8, 4) is 0 Å². The predicted octanol–water partition coefficient (Wildman–Crippen LogP) is 2.57. The van der Waals surface area contributed by atoms with Crippen LogP contribution in [-0.2, 0) is 6.54 Å². The maximum Gasteiger partial charge on any atom is 0.0765 e. The van der Waals surface area contributed by atoms with E-state index in [2.05, 4.69) is 41.0 Å². The molecule has 1 saturated carbocycles. The molecule has 1 saturated heterocycles. The van der Waals surface area contributed by atoms with E-state index < -0.39 is 0 Å². The third-order valence-corrected chi connectivity index (χ3v) is 5.28. The lowest BCUT2D eigenvalue weighted by Gasteiger charge is -2.45. The highest BCUT2D eigenvalue weighted by Gasteiger charge is 2.41. The van der Waals surface area contributed by atoms with Crippen molar-refractivity contribution < 1.29 is 0 Å². The fourth-order valence-electron chi connectivity index (χ4n) is 3.75. The molecule has 1 aromatic heterocycles. The van der Waals surface area contributed by atoms with Gasteiger partial charge in [0.05, 0.1) is 5.69 Å². The van der Waals surface area contributed by atoms with Gasteiger partial charge in [-0.1, -0.05) is 19.8 Å². The summed E-state index contributed by atoms with van der Waals surface area (Å²) in [6.45, 7) is 8.92. The molecule has 0 amide bonds. The van der Waals surface area contributed by atoms with Crippen molar-refractivity contribution in [1.29, 1.82) is 0 Å². The minimum atomic E-state index is 0.415. The maximum atomic E-state index is 4.78. The second kappa shape index (κ2) is 5.86. The van der Waals surface area contributed by atoms with Crippen molar-refractivity contribution in [1.82, 2.24) is 20.0 Å². The summed E-state index contributed by atoms with van der Waals surface area (Å²) < 4.78 is 2.12. The third kappa shape index (κ3) is 2.63. The Hall–Kier alpha value is -0.870. The molecule has 112 valence electrons. The molecule has 0 aromatic carbocycles. The molecule has 1 aliphatic heterocycles. The molecule has 2 aliphatic rings. The van der Waals surface area contributed by atoms with Crippen molar-refractivity contribution in [2.24, 2.45) is 0 Å². The Balaban J connectivity index is 1.70. The molecule has 1 atom stereocenters. The Bertz CT molecular complexity index is 433. The van der Waals surface area contributed by atoms with E-state index in [-0.39, 0.29) is 0 Å². The van der Waals surface area contributed by atoms with Gasteiger partial charge in [0.15, 0.2) is 0 Å². The first-order valence-electron chi connectivity index (χ1n) is 8.23. The first kappa shape index (κ1) is 14.1. The highest BCUT2D eigenvalue weighted by atomic mass is 15.3. The van der Waals surface area contributed by atoms with Crippen molar-refractivity contribution in [2.75, 3.05) is 19.6 Å². The van der Waals surface area contributed by atoms with E-state index in [0.717, 1.165) is 26.1 Å². The van der Waals surface area contributed by atoms with Crippen LogP contribution in [-0.4, -0.2) is 39.9 Å². The Labute approximate surface area is 122 Å². The van der Waals surface area contributed by atoms with Crippen LogP contribution in [0.15, 0.2) is 12.3 Å². The average molecular weight is 276 g/mol. The summed E-state index contributed by atoms with van der Waals surface area (Å²) in [5.74, 6) is 0. The smallest absolute Gasteiger partial charge is 0.0765 e. The van der Waals surface area contributed by atoms with E-state index in [1.54, 1.807) is 0 Å². The molecule has 4 nitrogen and oxygen atoms in total. The standard InChI is InChI=1S/C16H28N4/c1-3-14(2)20-10-6-15(18-20)12-19-11-9-17-13-16(19)7-4-5-8-16/h6,10,14,17H,3-5,7-9,11-13H2,1-2H3. The molecule has 0 bridgehead atoms. The van der Waals surface area contributed by atoms with Crippen LogP contribution in [0.3, 0.4) is 0 Å². The minimum absolute atomic E-state index is 0.415. The Morgan fingerprint density at radius 2 is 2.20 bits per heavy atom. The van der Waals surface area contributed by atoms with Gasteiger partial charge in [0.1, 0.15) is 0 Å². The summed E-state index contributed by atoms with van der Waals surface area (Å²) in [5, 5.41) is 8.38. The maximum absolute atomic E-state index is 4.78. The van der Waals surface area contributed by atoms with E-state index in [0.29, 0.717) is 11.6 Å². The normalized spacial score (nSPS) is 24.3. The summed E-state index contributed by atoms with van der Waals surface area (Å²) in [6, 6.07) is 2.71. The van der Waals surface area contributed by atoms with E-state index in [1.807, 2.05) is 0 Å². The molecule has 0 radical (unpaired) electrons. The van der Waals surface area contributed by atoms with Gasteiger partial charge >= 0.3 is 0 Å². The van der Waals surface area contributed by atoms with E-state index >= 15 is 0 Å². The summed E-state index contributed by atoms with van der Waals surface area (Å²) in [6.07, 6.45) is 8.77. The van der Waals surface area contributed by atoms with Crippen LogP contribution in [0.5, 0.6) is 0 Å². The van der Waals surface area contributed by atoms with Crippen LogP contribution in [0.4, 0.5) is 0 Å². The van der Waals surface area contributed by atoms with Gasteiger partial charge in [-0.25, -0.2) is 0 Å². The molecule has 3 rings (SSSR count). The highest BCUT2D eigenvalue weighted by molar-refractivity contribution is 5.05. The van der Waals surface area contributed by atoms with Gasteiger partial charge in [-0.15, -0.1) is 0 Å². The van der Waals surface area contributed by atoms with Crippen LogP contribution in [0.1, 0.15) is 57.7 Å². The summed E-state index contributed by atoms with van der Waals surface area (Å²) in [4.78, 5) is 2.69. The van der Waals surface area contributed by atoms with E-state index in [1.165, 1.54) is 37.9 Å². The summed E-state index contributed by atoms with van der Waals surface area (Å²) in [7, 11) is 0. The Kier molecular flexibility index (Phi) is 4.13. The molecule has 1 aliphatic carbocycles. The first-order valence-corrected chi connectivity index (χ1v) is 8.23. The third-order valence-electron chi connectivity index (χ3n) is 5.28. The zero-order valence-corrected chi connectivity index (χ0v) is 12.9. The zero-order chi connectivity index (χ0) is 14.0. The molecule has 1 spiro atoms. The first-order chi connectivity index (χ1) is 9.73. The van der Waals surface area contributed by atoms with Gasteiger partial charge in [-0.2, -0.15) is 5.10 Å². The second-order valence-electron chi connectivity index (χ2n) is 6.57. The average Bonchev–Trinajstić information content (AvgIpc) is 3.11. The molecule has 1 N–H and O–H groups in total. The Morgan fingerprint density at radius 3 is 2.95 bits per heavy atom. The SMILES string of the molecule is CCC(C)n1ccc(CN2CCNCC23CCCC3)n1. The van der Waals surface area contributed by atoms with Gasteiger partial charge in [-0.3, -0.25) is 9.58 Å². The summed E-state index contributed by atoms with van der Waals surface area (Å²) >= 11 is 0. The molecule has 2 fully saturated rings. The lowest BCUT2D eigenvalue weighted by atomic mass is 9.92. The van der Waals surface area contributed by atoms with Crippen LogP contribution in [0.2, 0.25) is 0 Å². The van der Waals surface area contributed by atoms with E-state index in [4.69, 9.17) is 5.10 Å². The number of piperazine rings is 1. The topological polar surface area (TPSA) is 33.1 Å². The van der Waals surface area contributed by atoms with Gasteiger partial charge in [0.25, 0.3) is 0 Å². The van der Waals surface area contributed by atoms with Crippen LogP contribution in [0.25, 0.3) is 0 Å². The number of nitrogens with one attached hydrogen (secondary N) is 1. The largest absolute Gasteiger partial charge is 0.314 e. The van der Waals surface area contributed by atoms with E-state index in [9.17, 15) is 0 Å². The van der Waals surface area contributed by atoms with Crippen LogP contribution >= 0.6 is 0 Å². The monoisotopic (exact) mass is 276 g/mol. The van der Waals surface area contributed by atoms with Crippen molar-refractivity contribution in [2.45, 2.75) is 64.1 Å². The van der Waals surface area contributed by atoms with Crippen molar-refractivity contribution >= 4 is 0 Å². The van der Waals surface area contributed by atoms with Gasteiger partial charge < -0.3 is 5.32 Å². The molecule has 1 unspecified atom stereocenters. The molecular weight excluding hydrogens is 248 g/mol. The molecule has 2 heterocycles. The quantitative estimate of drug-likeness (QED) is 0.917. The minimum Gasteiger partial charge on any atom is -0.314 e. The Morgan fingerprint density at radius 1 is 1.40 bits per heavy atom. The van der Waals surface area contributed by atoms with Crippen molar-refractivity contribution in [3.63, 3.8) is 0 Å². The molecule has 1 aromatic rings. The second-order valence-corrected chi connectivity index (χ2v) is 6.57. The van der Waals surface area contributed by atoms with Crippen molar-refractivity contribution in [3.05, 3.63) is 18.0 Å². The van der Waals surface area contributed by atoms with Gasteiger partial charge in [-0.05, 0) is 32.3 Å². The number of nitrogens with zero attached hydrogens (tertiary/aromatic N) is 3. The van der Waals surface area contributed by atoms with Crippen LogP contribution in [0, 0.1) is 0 Å². The predicted molar refractivity (Wildman–Crippen MR) is 81.7 cm³/mol. The lowest BCUT2D eigenvalue weighted by Crippen LogP contribution is -2.59. The lowest BCUT2D eigenvalue weighted by molar-refractivity contribution is 0.0558. The number of hydrogen-bond donors (Lipinski definition) is 1. The number of hydrogen-bond acceptors (Lipinski definition) is 3. The molecule has 4 heteroatoms. The number of rotatable bonds is 4. The van der Waals surface area contributed by atoms with Gasteiger partial charge in [0, 0.05) is 44.0 Å². The molecule has 20 heavy (non-hydrogen) atoms. The van der Waals surface area contributed by atoms with Crippen LogP contribution < -0.4 is 5.32 Å². The van der Waals surface area contributed by atoms with Gasteiger partial charge in [0.2, 0.25) is 0 Å². The zero-order valence-electron chi connectivity index (χ0n) is 12.9. The highest BCUT2D eigenvalue weighted by Crippen LogP contribution is 2.36. The number of aromatic nitrogens is 2. The summed E-state index contributed by atoms with van der Waals surface area (Å²) in [5.41, 5.74) is 1.65. The fraction of sp³-hybridized carbons (Fsp3) is 0.812. The molecular formula is C16H28N4. The fourth-order valence-corrected chi connectivity index (χ4v) is 3.75.